The molecule has 0 bridgehead atoms. The molecule has 3 N–H and O–H groups in total. The van der Waals surface area contributed by atoms with Crippen molar-refractivity contribution in [3.05, 3.63) is 53.6 Å². The van der Waals surface area contributed by atoms with Crippen molar-refractivity contribution in [1.29, 1.82) is 0 Å². The number of Topliss-reactive ketones (excluding diaryl/α,β-unsaturated/α-hetero) is 1. The number of carbonyl (C=O) groups is 4. The van der Waals surface area contributed by atoms with E-state index in [1.54, 1.807) is 42.5 Å². The van der Waals surface area contributed by atoms with Crippen molar-refractivity contribution in [3.63, 3.8) is 0 Å². The average Bonchev–Trinajstić information content (AvgIpc) is 3.21. The summed E-state index contributed by atoms with van der Waals surface area (Å²) in [5.41, 5.74) is 2.80. The van der Waals surface area contributed by atoms with Gasteiger partial charge in [-0.2, -0.15) is 10.2 Å². The molecule has 1 aliphatic heterocycles. The molecule has 0 aliphatic carbocycles. The highest BCUT2D eigenvalue weighted by atomic mass is 16.2. The lowest BCUT2D eigenvalue weighted by atomic mass is 10.1. The van der Waals surface area contributed by atoms with Gasteiger partial charge in [0.05, 0.1) is 12.1 Å². The third-order valence-corrected chi connectivity index (χ3v) is 5.66. The Morgan fingerprint density at radius 3 is 2.46 bits per heavy atom. The number of ketones is 1. The molecule has 1 atom stereocenters. The molecule has 35 heavy (non-hydrogen) atoms. The van der Waals surface area contributed by atoms with Gasteiger partial charge in [-0.15, -0.1) is 0 Å². The van der Waals surface area contributed by atoms with Gasteiger partial charge in [0.1, 0.15) is 0 Å². The third kappa shape index (κ3) is 7.03. The van der Waals surface area contributed by atoms with Gasteiger partial charge in [0.15, 0.2) is 5.78 Å². The highest BCUT2D eigenvalue weighted by molar-refractivity contribution is 6.10. The number of hydrogen-bond donors (Lipinski definition) is 3. The normalized spacial score (nSPS) is 13.4. The van der Waals surface area contributed by atoms with Crippen molar-refractivity contribution in [1.82, 2.24) is 10.2 Å². The number of fused-ring (bicyclic) bond motifs is 1. The van der Waals surface area contributed by atoms with E-state index in [9.17, 15) is 19.2 Å². The zero-order valence-corrected chi connectivity index (χ0v) is 20.1. The van der Waals surface area contributed by atoms with Crippen LogP contribution in [0.25, 0.3) is 0 Å². The largest absolute Gasteiger partial charge is 0.351 e. The number of hydrogen-bond acceptors (Lipinski definition) is 7. The van der Waals surface area contributed by atoms with Gasteiger partial charge in [-0.25, -0.2) is 0 Å². The summed E-state index contributed by atoms with van der Waals surface area (Å²) < 4.78 is 0. The van der Waals surface area contributed by atoms with Crippen LogP contribution in [-0.4, -0.2) is 60.6 Å². The lowest BCUT2D eigenvalue weighted by molar-refractivity contribution is -0.126. The number of nitrogens with zero attached hydrogens (tertiary/aromatic N) is 3. The lowest BCUT2D eigenvalue weighted by Gasteiger charge is -2.17. The Morgan fingerprint density at radius 2 is 1.80 bits per heavy atom. The molecule has 0 radical (unpaired) electrons. The molecule has 10 heteroatoms. The van der Waals surface area contributed by atoms with E-state index in [4.69, 9.17) is 0 Å². The first kappa shape index (κ1) is 25.7. The molecule has 0 spiro atoms. The topological polar surface area (TPSA) is 132 Å². The summed E-state index contributed by atoms with van der Waals surface area (Å²) in [7, 11) is 0. The molecule has 3 amide bonds. The molecule has 1 unspecified atom stereocenters. The number of carbonyl (C=O) groups excluding carboxylic acids is 4. The molecule has 3 rings (SSSR count). The van der Waals surface area contributed by atoms with Crippen LogP contribution in [0, 0.1) is 0 Å². The van der Waals surface area contributed by atoms with E-state index in [1.807, 2.05) is 0 Å². The Hall–Kier alpha value is -3.92. The monoisotopic (exact) mass is 478 g/mol. The number of benzene rings is 2. The maximum atomic E-state index is 12.6. The Labute approximate surface area is 204 Å². The molecule has 0 fully saturated rings. The van der Waals surface area contributed by atoms with Crippen molar-refractivity contribution in [3.8, 4) is 0 Å². The summed E-state index contributed by atoms with van der Waals surface area (Å²) in [5.74, 6) is -1.39. The second-order valence-corrected chi connectivity index (χ2v) is 8.14. The summed E-state index contributed by atoms with van der Waals surface area (Å²) in [6, 6.07) is 10.1. The van der Waals surface area contributed by atoms with Gasteiger partial charge < -0.3 is 20.9 Å². The van der Waals surface area contributed by atoms with Crippen LogP contribution in [0.1, 0.15) is 36.7 Å². The summed E-state index contributed by atoms with van der Waals surface area (Å²) in [5, 5.41) is 16.2. The third-order valence-electron chi connectivity index (χ3n) is 5.66. The second-order valence-electron chi connectivity index (χ2n) is 8.14. The minimum absolute atomic E-state index is 0.109. The van der Waals surface area contributed by atoms with Gasteiger partial charge in [-0.3, -0.25) is 19.2 Å². The van der Waals surface area contributed by atoms with E-state index in [2.05, 4.69) is 44.9 Å². The van der Waals surface area contributed by atoms with Crippen molar-refractivity contribution in [2.24, 2.45) is 10.2 Å². The molecule has 0 saturated heterocycles. The number of rotatable bonds is 11. The zero-order valence-electron chi connectivity index (χ0n) is 20.1. The van der Waals surface area contributed by atoms with Gasteiger partial charge in [-0.1, -0.05) is 19.9 Å². The SMILES string of the molecule is CCN(CC)CCNC(=O)c1ccc(N=NC(C(C)=O)C(=O)Nc2ccc3c(c2)NC(=O)C3)cc1. The van der Waals surface area contributed by atoms with Crippen LogP contribution in [0.4, 0.5) is 17.1 Å². The van der Waals surface area contributed by atoms with Crippen LogP contribution in [0.2, 0.25) is 0 Å². The predicted molar refractivity (Wildman–Crippen MR) is 133 cm³/mol. The zero-order chi connectivity index (χ0) is 25.4. The van der Waals surface area contributed by atoms with Gasteiger partial charge in [0.2, 0.25) is 11.9 Å². The van der Waals surface area contributed by atoms with Crippen LogP contribution >= 0.6 is 0 Å². The van der Waals surface area contributed by atoms with Crippen LogP contribution in [0.3, 0.4) is 0 Å². The fourth-order valence-corrected chi connectivity index (χ4v) is 3.59. The van der Waals surface area contributed by atoms with Crippen molar-refractivity contribution >= 4 is 40.6 Å². The van der Waals surface area contributed by atoms with Crippen LogP contribution < -0.4 is 16.0 Å². The lowest BCUT2D eigenvalue weighted by Crippen LogP contribution is -2.34. The van der Waals surface area contributed by atoms with E-state index in [1.165, 1.54) is 6.92 Å². The summed E-state index contributed by atoms with van der Waals surface area (Å²) in [4.78, 5) is 50.7. The summed E-state index contributed by atoms with van der Waals surface area (Å²) in [6.45, 7) is 8.60. The number of likely N-dealkylation sites (N-methyl/N-ethyl adjacent to an activating group) is 1. The molecule has 184 valence electrons. The minimum atomic E-state index is -1.33. The van der Waals surface area contributed by atoms with Gasteiger partial charge in [0.25, 0.3) is 11.8 Å². The van der Waals surface area contributed by atoms with Gasteiger partial charge in [0, 0.05) is 30.0 Å². The molecule has 1 heterocycles. The molecular weight excluding hydrogens is 448 g/mol. The number of azo groups is 1. The first-order valence-corrected chi connectivity index (χ1v) is 11.6. The summed E-state index contributed by atoms with van der Waals surface area (Å²) in [6.07, 6.45) is 0.296. The molecule has 10 nitrogen and oxygen atoms in total. The maximum Gasteiger partial charge on any atom is 0.258 e. The predicted octanol–water partition coefficient (Wildman–Crippen LogP) is 2.93. The second kappa shape index (κ2) is 12.0. The number of amides is 3. The Morgan fingerprint density at radius 1 is 1.09 bits per heavy atom. The van der Waals surface area contributed by atoms with Crippen molar-refractivity contribution in [2.75, 3.05) is 36.8 Å². The number of anilines is 2. The van der Waals surface area contributed by atoms with E-state index in [0.717, 1.165) is 25.2 Å². The highest BCUT2D eigenvalue weighted by Gasteiger charge is 2.24. The smallest absolute Gasteiger partial charge is 0.258 e. The average molecular weight is 479 g/mol. The molecule has 2 aromatic rings. The fraction of sp³-hybridized carbons (Fsp3) is 0.360. The standard InChI is InChI=1S/C25H30N6O4/c1-4-31(5-2)13-12-26-24(34)17-6-9-19(10-7-17)29-30-23(16(3)32)25(35)27-20-11-8-18-14-22(33)28-21(18)15-20/h6-11,15,23H,4-5,12-14H2,1-3H3,(H,26,34)(H,27,35)(H,28,33). The summed E-state index contributed by atoms with van der Waals surface area (Å²) >= 11 is 0. The van der Waals surface area contributed by atoms with Gasteiger partial charge in [-0.05, 0) is 62.0 Å². The van der Waals surface area contributed by atoms with E-state index >= 15 is 0 Å². The minimum Gasteiger partial charge on any atom is -0.351 e. The fourth-order valence-electron chi connectivity index (χ4n) is 3.59. The molecule has 2 aromatic carbocycles. The first-order valence-electron chi connectivity index (χ1n) is 11.6. The quantitative estimate of drug-likeness (QED) is 0.337. The molecule has 0 aromatic heterocycles. The van der Waals surface area contributed by atoms with Crippen LogP contribution in [0.15, 0.2) is 52.7 Å². The van der Waals surface area contributed by atoms with Crippen molar-refractivity contribution in [2.45, 2.75) is 33.2 Å². The maximum absolute atomic E-state index is 12.6. The van der Waals surface area contributed by atoms with Gasteiger partial charge >= 0.3 is 0 Å². The Kier molecular flexibility index (Phi) is 8.80. The molecule has 1 aliphatic rings. The van der Waals surface area contributed by atoms with Crippen molar-refractivity contribution < 1.29 is 19.2 Å². The van der Waals surface area contributed by atoms with E-state index < -0.39 is 17.7 Å². The van der Waals surface area contributed by atoms with E-state index in [0.29, 0.717) is 35.6 Å². The van der Waals surface area contributed by atoms with Crippen LogP contribution in [0.5, 0.6) is 0 Å². The highest BCUT2D eigenvalue weighted by Crippen LogP contribution is 2.26. The first-order chi connectivity index (χ1) is 16.8. The van der Waals surface area contributed by atoms with Crippen LogP contribution in [-0.2, 0) is 20.8 Å². The molecule has 0 saturated carbocycles. The Bertz CT molecular complexity index is 1130. The number of nitrogens with one attached hydrogen (secondary N) is 3. The molecular formula is C25H30N6O4. The van der Waals surface area contributed by atoms with E-state index in [-0.39, 0.29) is 11.8 Å². The Balaban J connectivity index is 1.58.